The van der Waals surface area contributed by atoms with Gasteiger partial charge in [0.1, 0.15) is 6.10 Å². The molecule has 9 atom stereocenters. The first-order valence-electron chi connectivity index (χ1n) is 9.68. The van der Waals surface area contributed by atoms with Crippen LogP contribution in [0.1, 0.15) is 39.5 Å². The summed E-state index contributed by atoms with van der Waals surface area (Å²) in [7, 11) is 0. The molecule has 26 heavy (non-hydrogen) atoms. The maximum atomic E-state index is 13.3. The third-order valence-corrected chi connectivity index (χ3v) is 8.90. The van der Waals surface area contributed by atoms with Crippen LogP contribution in [0.4, 0.5) is 0 Å². The Hall–Kier alpha value is -0.790. The molecule has 4 saturated carbocycles. The van der Waals surface area contributed by atoms with Crippen LogP contribution in [0.3, 0.4) is 0 Å². The number of allylic oxidation sites excluding steroid dienone is 1. The average molecular weight is 364 g/mol. The number of hydrogen-bond acceptors (Lipinski definition) is 6. The van der Waals surface area contributed by atoms with Gasteiger partial charge in [0.05, 0.1) is 24.2 Å². The summed E-state index contributed by atoms with van der Waals surface area (Å²) >= 11 is 0. The van der Waals surface area contributed by atoms with Gasteiger partial charge in [0.25, 0.3) is 0 Å². The van der Waals surface area contributed by atoms with E-state index in [9.17, 15) is 25.2 Å². The van der Waals surface area contributed by atoms with Crippen molar-refractivity contribution in [1.82, 2.24) is 0 Å². The van der Waals surface area contributed by atoms with Crippen LogP contribution in [0, 0.1) is 34.0 Å². The molecule has 6 heteroatoms. The molecule has 6 aliphatic rings. The van der Waals surface area contributed by atoms with E-state index in [0.717, 1.165) is 0 Å². The summed E-state index contributed by atoms with van der Waals surface area (Å²) in [5.74, 6) is -3.43. The first-order chi connectivity index (χ1) is 12.0. The third-order valence-electron chi connectivity index (χ3n) is 8.90. The maximum absolute atomic E-state index is 13.3. The number of hydrogen-bond donors (Lipinski definition) is 4. The van der Waals surface area contributed by atoms with Gasteiger partial charge in [-0.25, -0.2) is 0 Å². The molecule has 144 valence electrons. The maximum Gasteiger partial charge on any atom is 0.205 e. The van der Waals surface area contributed by atoms with E-state index in [1.165, 1.54) is 0 Å². The van der Waals surface area contributed by atoms with E-state index in [4.69, 9.17) is 4.74 Å². The van der Waals surface area contributed by atoms with E-state index in [0.29, 0.717) is 31.3 Å². The molecule has 0 aromatic heterocycles. The Morgan fingerprint density at radius 2 is 1.88 bits per heavy atom. The van der Waals surface area contributed by atoms with Crippen molar-refractivity contribution in [1.29, 1.82) is 0 Å². The number of aliphatic hydroxyl groups excluding tert-OH is 3. The fraction of sp³-hybridized carbons (Fsp3) is 0.850. The van der Waals surface area contributed by atoms with Gasteiger partial charge in [0.2, 0.25) is 5.79 Å². The minimum atomic E-state index is -2.05. The lowest BCUT2D eigenvalue weighted by Gasteiger charge is -2.74. The van der Waals surface area contributed by atoms with Gasteiger partial charge in [-0.15, -0.1) is 0 Å². The molecule has 0 amide bonds. The van der Waals surface area contributed by atoms with Gasteiger partial charge in [-0.05, 0) is 42.6 Å². The van der Waals surface area contributed by atoms with Crippen molar-refractivity contribution in [2.45, 2.75) is 63.6 Å². The number of aliphatic hydroxyl groups is 4. The van der Waals surface area contributed by atoms with Gasteiger partial charge < -0.3 is 25.2 Å². The molecule has 2 spiro atoms. The van der Waals surface area contributed by atoms with Crippen LogP contribution < -0.4 is 0 Å². The zero-order chi connectivity index (χ0) is 18.9. The van der Waals surface area contributed by atoms with Gasteiger partial charge >= 0.3 is 0 Å². The van der Waals surface area contributed by atoms with Crippen LogP contribution in [0.5, 0.6) is 0 Å². The van der Waals surface area contributed by atoms with Crippen LogP contribution in [-0.2, 0) is 9.53 Å². The summed E-state index contributed by atoms with van der Waals surface area (Å²) in [4.78, 5) is 13.3. The van der Waals surface area contributed by atoms with Crippen LogP contribution in [0.2, 0.25) is 0 Å². The molecule has 6 rings (SSSR count). The van der Waals surface area contributed by atoms with Gasteiger partial charge in [-0.1, -0.05) is 20.4 Å². The Bertz CT molecular complexity index is 713. The highest BCUT2D eigenvalue weighted by molar-refractivity contribution is 6.04. The molecule has 6 nitrogen and oxygen atoms in total. The Labute approximate surface area is 152 Å². The van der Waals surface area contributed by atoms with E-state index < -0.39 is 52.2 Å². The Morgan fingerprint density at radius 3 is 2.58 bits per heavy atom. The summed E-state index contributed by atoms with van der Waals surface area (Å²) in [6.07, 6.45) is -0.752. The quantitative estimate of drug-likeness (QED) is 0.463. The summed E-state index contributed by atoms with van der Waals surface area (Å²) in [6, 6.07) is 0. The molecule has 0 aromatic rings. The number of ketones is 1. The Morgan fingerprint density at radius 1 is 1.19 bits per heavy atom. The van der Waals surface area contributed by atoms with Crippen molar-refractivity contribution in [3.8, 4) is 0 Å². The minimum absolute atomic E-state index is 0.176. The molecular weight excluding hydrogens is 336 g/mol. The molecule has 2 aliphatic heterocycles. The zero-order valence-corrected chi connectivity index (χ0v) is 15.3. The van der Waals surface area contributed by atoms with Gasteiger partial charge in [-0.3, -0.25) is 4.79 Å². The standard InChI is InChI=1S/C20H28O6/c1-9-10-6-11(21)13-18-5-4-12(22)17(2,3)14(18)16(24)20(25,26-8-18)19(13,7-10)15(9)23/h10-14,16,21-22,24-25H,1,4-8H2,2-3H3/t10-,11-,12+,13+,14-,16+,18-,19+,20-/m1/s1. The molecule has 2 heterocycles. The Kier molecular flexibility index (Phi) is 3.07. The van der Waals surface area contributed by atoms with Crippen LogP contribution >= 0.6 is 0 Å². The first-order valence-corrected chi connectivity index (χ1v) is 9.68. The van der Waals surface area contributed by atoms with Crippen molar-refractivity contribution in [3.05, 3.63) is 12.2 Å². The summed E-state index contributed by atoms with van der Waals surface area (Å²) in [5, 5.41) is 44.6. The molecule has 2 saturated heterocycles. The first kappa shape index (κ1) is 17.3. The number of carbonyl (C=O) groups is 1. The van der Waals surface area contributed by atoms with Gasteiger partial charge in [-0.2, -0.15) is 0 Å². The second kappa shape index (κ2) is 4.61. The lowest BCUT2D eigenvalue weighted by Crippen LogP contribution is -2.83. The van der Waals surface area contributed by atoms with Crippen molar-refractivity contribution in [2.75, 3.05) is 6.61 Å². The predicted octanol–water partition coefficient (Wildman–Crippen LogP) is 0.376. The van der Waals surface area contributed by atoms with Gasteiger partial charge in [0.15, 0.2) is 5.78 Å². The number of fused-ring (bicyclic) bond motifs is 2. The fourth-order valence-electron chi connectivity index (χ4n) is 7.88. The zero-order valence-electron chi connectivity index (χ0n) is 15.3. The van der Waals surface area contributed by atoms with E-state index in [2.05, 4.69) is 6.58 Å². The van der Waals surface area contributed by atoms with E-state index in [-0.39, 0.29) is 18.3 Å². The van der Waals surface area contributed by atoms with Crippen molar-refractivity contribution < 1.29 is 30.0 Å². The average Bonchev–Trinajstić information content (AvgIpc) is 2.76. The predicted molar refractivity (Wildman–Crippen MR) is 90.7 cm³/mol. The second-order valence-corrected chi connectivity index (χ2v) is 10.0. The minimum Gasteiger partial charge on any atom is -0.393 e. The topological polar surface area (TPSA) is 107 Å². The van der Waals surface area contributed by atoms with Gasteiger partial charge in [0, 0.05) is 17.3 Å². The number of rotatable bonds is 0. The highest BCUT2D eigenvalue weighted by Gasteiger charge is 2.84. The SMILES string of the molecule is C=C1C(=O)[C@]23C[C@H]1C[C@@H](O)[C@H]2[C@]12CC[C@H](O)C(C)(C)[C@H]1[C@H](O)[C@@]3(O)OC2. The van der Waals surface area contributed by atoms with Crippen molar-refractivity contribution in [2.24, 2.45) is 34.0 Å². The molecule has 0 radical (unpaired) electrons. The Balaban J connectivity index is 1.78. The highest BCUT2D eigenvalue weighted by atomic mass is 16.6. The number of carbonyl (C=O) groups excluding carboxylic acids is 1. The second-order valence-electron chi connectivity index (χ2n) is 10.0. The summed E-state index contributed by atoms with van der Waals surface area (Å²) < 4.78 is 5.87. The van der Waals surface area contributed by atoms with Crippen LogP contribution in [-0.4, -0.2) is 56.9 Å². The molecule has 0 unspecified atom stereocenters. The largest absolute Gasteiger partial charge is 0.393 e. The number of Topliss-reactive ketones (excluding diaryl/α,β-unsaturated/α-hetero) is 1. The van der Waals surface area contributed by atoms with Crippen molar-refractivity contribution in [3.63, 3.8) is 0 Å². The lowest BCUT2D eigenvalue weighted by atomic mass is 9.36. The fourth-order valence-corrected chi connectivity index (χ4v) is 7.88. The number of ether oxygens (including phenoxy) is 1. The third kappa shape index (κ3) is 1.47. The van der Waals surface area contributed by atoms with Crippen LogP contribution in [0.25, 0.3) is 0 Å². The molecule has 0 aromatic carbocycles. The van der Waals surface area contributed by atoms with Crippen molar-refractivity contribution >= 4 is 5.78 Å². The molecular formula is C20H28O6. The van der Waals surface area contributed by atoms with E-state index >= 15 is 0 Å². The normalized spacial score (nSPS) is 59.9. The van der Waals surface area contributed by atoms with Crippen LogP contribution in [0.15, 0.2) is 12.2 Å². The summed E-state index contributed by atoms with van der Waals surface area (Å²) in [5.41, 5.74) is -2.20. The highest BCUT2D eigenvalue weighted by Crippen LogP contribution is 2.76. The molecule has 4 N–H and O–H groups in total. The van der Waals surface area contributed by atoms with E-state index in [1.807, 2.05) is 13.8 Å². The monoisotopic (exact) mass is 364 g/mol. The smallest absolute Gasteiger partial charge is 0.205 e. The summed E-state index contributed by atoms with van der Waals surface area (Å²) in [6.45, 7) is 7.92. The molecule has 4 bridgehead atoms. The molecule has 4 aliphatic carbocycles. The lowest BCUT2D eigenvalue weighted by molar-refractivity contribution is -0.449. The van der Waals surface area contributed by atoms with E-state index in [1.54, 1.807) is 0 Å². The molecule has 6 fully saturated rings.